The van der Waals surface area contributed by atoms with Gasteiger partial charge in [0, 0.05) is 12.1 Å². The molecule has 0 saturated heterocycles. The normalized spacial score (nSPS) is 11.0. The van der Waals surface area contributed by atoms with Gasteiger partial charge in [0.05, 0.1) is 39.9 Å². The summed E-state index contributed by atoms with van der Waals surface area (Å²) in [5.41, 5.74) is 1.21. The van der Waals surface area contributed by atoms with Crippen LogP contribution in [0.3, 0.4) is 0 Å². The summed E-state index contributed by atoms with van der Waals surface area (Å²) in [4.78, 5) is 0. The van der Waals surface area contributed by atoms with Crippen LogP contribution in [0.25, 0.3) is 0 Å². The van der Waals surface area contributed by atoms with Crippen LogP contribution in [0.2, 0.25) is 0 Å². The van der Waals surface area contributed by atoms with Gasteiger partial charge in [0.1, 0.15) is 23.0 Å². The highest BCUT2D eigenvalue weighted by atomic mass is 32.2. The molecule has 0 N–H and O–H groups in total. The zero-order valence-corrected chi connectivity index (χ0v) is 15.6. The second-order valence-electron chi connectivity index (χ2n) is 5.47. The number of rotatable bonds is 8. The molecule has 2 rings (SSSR count). The number of hydrogen-bond donors (Lipinski definition) is 0. The van der Waals surface area contributed by atoms with Gasteiger partial charge in [-0.25, -0.2) is 8.42 Å². The number of benzene rings is 2. The molecule has 0 amide bonds. The van der Waals surface area contributed by atoms with Crippen molar-refractivity contribution in [1.82, 2.24) is 0 Å². The summed E-state index contributed by atoms with van der Waals surface area (Å²) in [5.74, 6) is 1.94. The van der Waals surface area contributed by atoms with Crippen molar-refractivity contribution in [3.63, 3.8) is 0 Å². The lowest BCUT2D eigenvalue weighted by Gasteiger charge is -2.11. The molecular weight excluding hydrogens is 344 g/mol. The highest BCUT2D eigenvalue weighted by Gasteiger charge is 2.16. The van der Waals surface area contributed by atoms with Crippen LogP contribution in [0.4, 0.5) is 0 Å². The Morgan fingerprint density at radius 2 is 0.880 bits per heavy atom. The van der Waals surface area contributed by atoms with E-state index >= 15 is 0 Å². The van der Waals surface area contributed by atoms with Crippen molar-refractivity contribution < 1.29 is 27.4 Å². The Hall–Kier alpha value is -2.41. The Morgan fingerprint density at radius 3 is 1.12 bits per heavy atom. The van der Waals surface area contributed by atoms with E-state index in [1.54, 1.807) is 36.4 Å². The van der Waals surface area contributed by atoms with E-state index in [1.807, 2.05) is 0 Å². The molecule has 0 fully saturated rings. The summed E-state index contributed by atoms with van der Waals surface area (Å²) in [7, 11) is 2.68. The first kappa shape index (κ1) is 18.9. The summed E-state index contributed by atoms with van der Waals surface area (Å²) in [6, 6.07) is 10.1. The molecular formula is C18H22O6S. The first-order valence-corrected chi connectivity index (χ1v) is 9.35. The Morgan fingerprint density at radius 1 is 0.600 bits per heavy atom. The number of sulfone groups is 1. The van der Waals surface area contributed by atoms with Crippen molar-refractivity contribution in [2.24, 2.45) is 0 Å². The zero-order chi connectivity index (χ0) is 18.4. The van der Waals surface area contributed by atoms with Gasteiger partial charge in [-0.1, -0.05) is 0 Å². The number of methoxy groups -OCH3 is 4. The van der Waals surface area contributed by atoms with E-state index in [0.717, 1.165) is 0 Å². The molecule has 0 unspecified atom stereocenters. The van der Waals surface area contributed by atoms with Gasteiger partial charge in [0.25, 0.3) is 0 Å². The van der Waals surface area contributed by atoms with Crippen LogP contribution in [0, 0.1) is 0 Å². The highest BCUT2D eigenvalue weighted by molar-refractivity contribution is 7.89. The minimum atomic E-state index is -3.41. The summed E-state index contributed by atoms with van der Waals surface area (Å²) in [6.07, 6.45) is 0. The smallest absolute Gasteiger partial charge is 0.158 e. The van der Waals surface area contributed by atoms with E-state index in [0.29, 0.717) is 34.1 Å². The summed E-state index contributed by atoms with van der Waals surface area (Å²) < 4.78 is 45.9. The molecule has 2 aromatic carbocycles. The first-order valence-electron chi connectivity index (χ1n) is 7.53. The molecule has 0 aliphatic rings. The van der Waals surface area contributed by atoms with E-state index in [4.69, 9.17) is 18.9 Å². The molecule has 0 spiro atoms. The fraction of sp³-hybridized carbons (Fsp3) is 0.333. The lowest BCUT2D eigenvalue weighted by Crippen LogP contribution is -2.08. The van der Waals surface area contributed by atoms with Crippen LogP contribution in [0.15, 0.2) is 36.4 Å². The molecule has 0 heterocycles. The lowest BCUT2D eigenvalue weighted by atomic mass is 10.2. The van der Waals surface area contributed by atoms with Crippen LogP contribution in [-0.2, 0) is 21.3 Å². The fourth-order valence-electron chi connectivity index (χ4n) is 2.46. The Labute approximate surface area is 148 Å². The summed E-state index contributed by atoms with van der Waals surface area (Å²) >= 11 is 0. The van der Waals surface area contributed by atoms with Gasteiger partial charge in [-0.05, 0) is 35.4 Å². The lowest BCUT2D eigenvalue weighted by molar-refractivity contribution is 0.393. The van der Waals surface area contributed by atoms with Crippen molar-refractivity contribution in [3.8, 4) is 23.0 Å². The van der Waals surface area contributed by atoms with Crippen LogP contribution in [0.5, 0.6) is 23.0 Å². The Kier molecular flexibility index (Phi) is 6.14. The molecule has 0 aliphatic heterocycles. The van der Waals surface area contributed by atoms with Crippen molar-refractivity contribution in [1.29, 1.82) is 0 Å². The quantitative estimate of drug-likeness (QED) is 0.715. The number of hydrogen-bond acceptors (Lipinski definition) is 6. The van der Waals surface area contributed by atoms with Crippen molar-refractivity contribution >= 4 is 9.84 Å². The molecule has 0 radical (unpaired) electrons. The minimum Gasteiger partial charge on any atom is -0.497 e. The predicted molar refractivity (Wildman–Crippen MR) is 95.4 cm³/mol. The van der Waals surface area contributed by atoms with Gasteiger partial charge in [0.2, 0.25) is 0 Å². The average molecular weight is 366 g/mol. The molecule has 7 heteroatoms. The van der Waals surface area contributed by atoms with Gasteiger partial charge in [0.15, 0.2) is 9.84 Å². The fourth-order valence-corrected chi connectivity index (χ4v) is 3.91. The molecule has 0 atom stereocenters. The third-order valence-corrected chi connectivity index (χ3v) is 5.14. The van der Waals surface area contributed by atoms with Crippen molar-refractivity contribution in [2.45, 2.75) is 11.5 Å². The molecule has 0 aromatic heterocycles. The maximum Gasteiger partial charge on any atom is 0.158 e. The maximum absolute atomic E-state index is 12.6. The minimum absolute atomic E-state index is 0.125. The van der Waals surface area contributed by atoms with Crippen molar-refractivity contribution in [2.75, 3.05) is 28.4 Å². The van der Waals surface area contributed by atoms with Crippen LogP contribution < -0.4 is 18.9 Å². The topological polar surface area (TPSA) is 71.1 Å². The molecule has 0 aliphatic carbocycles. The van der Waals surface area contributed by atoms with Crippen LogP contribution >= 0.6 is 0 Å². The standard InChI is InChI=1S/C18H22O6S/c1-21-15-5-13(6-16(9-15)22-2)11-25(19,20)12-14-7-17(23-3)10-18(8-14)24-4/h5-10H,11-12H2,1-4H3. The maximum atomic E-state index is 12.6. The third kappa shape index (κ3) is 5.29. The molecule has 2 aromatic rings. The van der Waals surface area contributed by atoms with Crippen LogP contribution in [-0.4, -0.2) is 36.9 Å². The second-order valence-corrected chi connectivity index (χ2v) is 7.54. The van der Waals surface area contributed by atoms with Gasteiger partial charge < -0.3 is 18.9 Å². The van der Waals surface area contributed by atoms with E-state index < -0.39 is 9.84 Å². The van der Waals surface area contributed by atoms with Crippen molar-refractivity contribution in [3.05, 3.63) is 47.5 Å². The summed E-state index contributed by atoms with van der Waals surface area (Å²) in [5, 5.41) is 0. The molecule has 0 saturated carbocycles. The number of ether oxygens (including phenoxy) is 4. The zero-order valence-electron chi connectivity index (χ0n) is 14.7. The van der Waals surface area contributed by atoms with E-state index in [-0.39, 0.29) is 11.5 Å². The summed E-state index contributed by atoms with van der Waals surface area (Å²) in [6.45, 7) is 0. The molecule has 25 heavy (non-hydrogen) atoms. The second kappa shape index (κ2) is 8.11. The average Bonchev–Trinajstić information content (AvgIpc) is 2.59. The Balaban J connectivity index is 2.25. The van der Waals surface area contributed by atoms with Gasteiger partial charge >= 0.3 is 0 Å². The van der Waals surface area contributed by atoms with E-state index in [9.17, 15) is 8.42 Å². The van der Waals surface area contributed by atoms with Gasteiger partial charge in [-0.3, -0.25) is 0 Å². The van der Waals surface area contributed by atoms with Crippen LogP contribution in [0.1, 0.15) is 11.1 Å². The largest absolute Gasteiger partial charge is 0.497 e. The Bertz CT molecular complexity index is 721. The third-order valence-electron chi connectivity index (χ3n) is 3.60. The monoisotopic (exact) mass is 366 g/mol. The predicted octanol–water partition coefficient (Wildman–Crippen LogP) is 2.84. The molecule has 6 nitrogen and oxygen atoms in total. The molecule has 0 bridgehead atoms. The van der Waals surface area contributed by atoms with Gasteiger partial charge in [-0.15, -0.1) is 0 Å². The molecule has 136 valence electrons. The first-order chi connectivity index (χ1) is 11.9. The highest BCUT2D eigenvalue weighted by Crippen LogP contribution is 2.27. The van der Waals surface area contributed by atoms with Gasteiger partial charge in [-0.2, -0.15) is 0 Å². The SMILES string of the molecule is COc1cc(CS(=O)(=O)Cc2cc(OC)cc(OC)c2)cc(OC)c1. The van der Waals surface area contributed by atoms with E-state index in [2.05, 4.69) is 0 Å². The van der Waals surface area contributed by atoms with E-state index in [1.165, 1.54) is 28.4 Å².